The first kappa shape index (κ1) is 23.6. The Morgan fingerprint density at radius 1 is 0.548 bits per heavy atom. The van der Waals surface area contributed by atoms with Crippen LogP contribution in [0.15, 0.2) is 91.0 Å². The van der Waals surface area contributed by atoms with Gasteiger partial charge in [0.1, 0.15) is 0 Å². The second kappa shape index (κ2) is 13.4. The first-order valence-electron chi connectivity index (χ1n) is 11.9. The molecule has 3 rings (SSSR count). The molecule has 0 N–H and O–H groups in total. The minimum Gasteiger partial charge on any atom is -0.353 e. The van der Waals surface area contributed by atoms with E-state index in [0.29, 0.717) is 0 Å². The molecule has 3 aromatic rings. The molecule has 164 valence electrons. The van der Waals surface area contributed by atoms with Crippen LogP contribution >= 0.6 is 6.89 Å². The van der Waals surface area contributed by atoms with Crippen LogP contribution in [0, 0.1) is 0 Å². The maximum absolute atomic E-state index is 6.33. The van der Waals surface area contributed by atoms with Gasteiger partial charge in [-0.15, -0.1) is 0 Å². The van der Waals surface area contributed by atoms with Gasteiger partial charge in [-0.2, -0.15) is 0 Å². The third-order valence-corrected chi connectivity index (χ3v) is 9.64. The van der Waals surface area contributed by atoms with Gasteiger partial charge in [0.05, 0.1) is 6.61 Å². The van der Waals surface area contributed by atoms with E-state index in [-0.39, 0.29) is 0 Å². The lowest BCUT2D eigenvalue weighted by molar-refractivity contribution is 0.311. The lowest BCUT2D eigenvalue weighted by atomic mass is 10.1. The van der Waals surface area contributed by atoms with Crippen LogP contribution in [0.5, 0.6) is 0 Å². The highest BCUT2D eigenvalue weighted by molar-refractivity contribution is 7.94. The second-order valence-electron chi connectivity index (χ2n) is 8.18. The van der Waals surface area contributed by atoms with Gasteiger partial charge in [0.2, 0.25) is 0 Å². The van der Waals surface area contributed by atoms with Crippen LogP contribution in [0.4, 0.5) is 0 Å². The molecule has 0 bridgehead atoms. The molecule has 0 radical (unpaired) electrons. The molecular weight excluding hydrogens is 395 g/mol. The normalized spacial score (nSPS) is 11.4. The Labute approximate surface area is 189 Å². The summed E-state index contributed by atoms with van der Waals surface area (Å²) in [5.74, 6) is 2.19. The molecule has 0 atom stereocenters. The average molecular weight is 433 g/mol. The van der Waals surface area contributed by atoms with E-state index in [1.165, 1.54) is 60.9 Å². The Kier molecular flexibility index (Phi) is 10.2. The smallest absolute Gasteiger partial charge is 0.0525 e. The Balaban J connectivity index is 1.78. The largest absolute Gasteiger partial charge is 0.353 e. The van der Waals surface area contributed by atoms with E-state index in [9.17, 15) is 0 Å². The molecule has 0 heterocycles. The minimum absolute atomic E-state index is 0.795. The lowest BCUT2D eigenvalue weighted by Crippen LogP contribution is -2.27. The predicted molar refractivity (Wildman–Crippen MR) is 140 cm³/mol. The molecule has 0 aliphatic carbocycles. The highest BCUT2D eigenvalue weighted by Crippen LogP contribution is 2.43. The molecule has 3 aromatic carbocycles. The zero-order chi connectivity index (χ0) is 21.6. The highest BCUT2D eigenvalue weighted by Gasteiger charge is 2.25. The first-order valence-corrected chi connectivity index (χ1v) is 13.8. The molecule has 0 unspecified atom stereocenters. The van der Waals surface area contributed by atoms with Crippen LogP contribution in [0.3, 0.4) is 0 Å². The number of benzene rings is 3. The number of ether oxygens (including phenoxy) is 1. The number of rotatable bonds is 13. The quantitative estimate of drug-likeness (QED) is 0.211. The van der Waals surface area contributed by atoms with Gasteiger partial charge in [0.25, 0.3) is 0 Å². The molecule has 2 heteroatoms. The van der Waals surface area contributed by atoms with Crippen LogP contribution < -0.4 is 15.9 Å². The Morgan fingerprint density at radius 3 is 1.35 bits per heavy atom. The number of hydrogen-bond acceptors (Lipinski definition) is 1. The number of hydrogen-bond donors (Lipinski definition) is 0. The van der Waals surface area contributed by atoms with Gasteiger partial charge in [0.15, 0.2) is 0 Å². The van der Waals surface area contributed by atoms with E-state index in [2.05, 4.69) is 104 Å². The fourth-order valence-electron chi connectivity index (χ4n) is 4.10. The van der Waals surface area contributed by atoms with E-state index in [0.717, 1.165) is 13.0 Å². The first-order chi connectivity index (χ1) is 15.4. The molecule has 31 heavy (non-hydrogen) atoms. The molecule has 0 aromatic heterocycles. The zero-order valence-corrected chi connectivity index (χ0v) is 19.9. The highest BCUT2D eigenvalue weighted by atomic mass is 31.2. The summed E-state index contributed by atoms with van der Waals surface area (Å²) < 4.78 is 6.33. The van der Waals surface area contributed by atoms with E-state index in [4.69, 9.17) is 4.74 Å². The van der Waals surface area contributed by atoms with Crippen LogP contribution in [-0.2, 0) is 4.74 Å². The Morgan fingerprint density at radius 2 is 0.935 bits per heavy atom. The van der Waals surface area contributed by atoms with Crippen LogP contribution in [-0.4, -0.2) is 12.6 Å². The summed E-state index contributed by atoms with van der Waals surface area (Å²) in [6.07, 6.45) is 10.5. The predicted octanol–water partition coefficient (Wildman–Crippen LogP) is 6.90. The molecule has 0 fully saturated rings. The maximum atomic E-state index is 6.33. The van der Waals surface area contributed by atoms with E-state index >= 15 is 0 Å². The standard InChI is InChI=1S/C29H37OP/c1-2-3-4-5-6-7-8-18-25-30-26-31(27-19-12-9-13-20-27,28-21-14-10-15-22-28)29-23-16-11-17-24-29/h9-17,19-24,26H,2-8,18,25H2,1H3. The van der Waals surface area contributed by atoms with Gasteiger partial charge in [-0.05, 0) is 29.2 Å². The topological polar surface area (TPSA) is 9.23 Å². The van der Waals surface area contributed by atoms with Crippen molar-refractivity contribution in [3.63, 3.8) is 0 Å². The molecule has 0 aliphatic heterocycles. The third kappa shape index (κ3) is 6.70. The second-order valence-corrected chi connectivity index (χ2v) is 11.4. The summed E-state index contributed by atoms with van der Waals surface area (Å²) in [4.78, 5) is 0. The van der Waals surface area contributed by atoms with Crippen molar-refractivity contribution in [3.8, 4) is 0 Å². The fraction of sp³-hybridized carbons (Fsp3) is 0.345. The Bertz CT molecular complexity index is 800. The van der Waals surface area contributed by atoms with Gasteiger partial charge in [0, 0.05) is 5.98 Å². The van der Waals surface area contributed by atoms with Crippen LogP contribution in [0.2, 0.25) is 0 Å². The van der Waals surface area contributed by atoms with E-state index < -0.39 is 6.89 Å². The molecule has 0 spiro atoms. The van der Waals surface area contributed by atoms with Gasteiger partial charge in [-0.3, -0.25) is 0 Å². The monoisotopic (exact) mass is 432 g/mol. The summed E-state index contributed by atoms with van der Waals surface area (Å²) in [5, 5.41) is 4.01. The lowest BCUT2D eigenvalue weighted by Gasteiger charge is -2.28. The molecule has 0 aliphatic rings. The van der Waals surface area contributed by atoms with E-state index in [1.807, 2.05) is 0 Å². The summed E-state index contributed by atoms with van der Waals surface area (Å²) in [6, 6.07) is 32.6. The van der Waals surface area contributed by atoms with Gasteiger partial charge >= 0.3 is 0 Å². The van der Waals surface area contributed by atoms with Crippen LogP contribution in [0.25, 0.3) is 0 Å². The maximum Gasteiger partial charge on any atom is 0.0525 e. The molecule has 0 amide bonds. The third-order valence-electron chi connectivity index (χ3n) is 5.84. The summed E-state index contributed by atoms with van der Waals surface area (Å²) >= 11 is 0. The van der Waals surface area contributed by atoms with Crippen molar-refractivity contribution >= 4 is 28.8 Å². The van der Waals surface area contributed by atoms with Crippen molar-refractivity contribution in [1.29, 1.82) is 0 Å². The minimum atomic E-state index is -1.97. The van der Waals surface area contributed by atoms with Crippen LogP contribution in [0.1, 0.15) is 58.3 Å². The number of unbranched alkanes of at least 4 members (excludes halogenated alkanes) is 7. The van der Waals surface area contributed by atoms with Crippen molar-refractivity contribution in [1.82, 2.24) is 0 Å². The molecule has 0 saturated heterocycles. The average Bonchev–Trinajstić information content (AvgIpc) is 2.84. The Hall–Kier alpha value is -2.08. The van der Waals surface area contributed by atoms with E-state index in [1.54, 1.807) is 0 Å². The van der Waals surface area contributed by atoms with Gasteiger partial charge in [-0.1, -0.05) is 143 Å². The van der Waals surface area contributed by atoms with Crippen molar-refractivity contribution in [2.75, 3.05) is 6.61 Å². The molecular formula is C29H37OP. The summed E-state index contributed by atoms with van der Waals surface area (Å²) in [5.41, 5.74) is 0. The fourth-order valence-corrected chi connectivity index (χ4v) is 7.62. The van der Waals surface area contributed by atoms with Crippen molar-refractivity contribution < 1.29 is 4.74 Å². The van der Waals surface area contributed by atoms with Crippen molar-refractivity contribution in [3.05, 3.63) is 91.0 Å². The van der Waals surface area contributed by atoms with Gasteiger partial charge < -0.3 is 4.74 Å². The summed E-state index contributed by atoms with van der Waals surface area (Å²) in [6.45, 7) is 1.10. The summed E-state index contributed by atoms with van der Waals surface area (Å²) in [7, 11) is 0. The van der Waals surface area contributed by atoms with Gasteiger partial charge in [-0.25, -0.2) is 0 Å². The van der Waals surface area contributed by atoms with Crippen molar-refractivity contribution in [2.45, 2.75) is 58.3 Å². The van der Waals surface area contributed by atoms with Crippen molar-refractivity contribution in [2.24, 2.45) is 0 Å². The molecule has 1 nitrogen and oxygen atoms in total. The zero-order valence-electron chi connectivity index (χ0n) is 19.0. The molecule has 0 saturated carbocycles. The SMILES string of the molecule is CCCCCCCCCCOC=P(c1ccccc1)(c1ccccc1)c1ccccc1.